The minimum Gasteiger partial charge on any atom is -0.383 e. The van der Waals surface area contributed by atoms with Gasteiger partial charge in [-0.1, -0.05) is 19.3 Å². The quantitative estimate of drug-likeness (QED) is 0.720. The van der Waals surface area contributed by atoms with Crippen LogP contribution in [0.4, 0.5) is 11.5 Å². The van der Waals surface area contributed by atoms with Crippen LogP contribution in [0.15, 0.2) is 9.59 Å². The van der Waals surface area contributed by atoms with Gasteiger partial charge in [-0.2, -0.15) is 0 Å². The number of hydrogen-bond donors (Lipinski definition) is 3. The lowest BCUT2D eigenvalue weighted by Gasteiger charge is -2.25. The molecule has 4 N–H and O–H groups in total. The molecule has 1 aromatic rings. The van der Waals surface area contributed by atoms with E-state index < -0.39 is 11.2 Å². The predicted octanol–water partition coefficient (Wildman–Crippen LogP) is 0.741. The van der Waals surface area contributed by atoms with E-state index in [9.17, 15) is 9.59 Å². The normalized spacial score (nSPS) is 15.4. The third-order valence-corrected chi connectivity index (χ3v) is 3.63. The van der Waals surface area contributed by atoms with Crippen LogP contribution in [0.5, 0.6) is 0 Å². The van der Waals surface area contributed by atoms with Crippen molar-refractivity contribution in [2.24, 2.45) is 5.92 Å². The van der Waals surface area contributed by atoms with Gasteiger partial charge in [-0.3, -0.25) is 14.3 Å². The van der Waals surface area contributed by atoms with E-state index in [4.69, 9.17) is 5.73 Å². The van der Waals surface area contributed by atoms with E-state index in [2.05, 4.69) is 10.3 Å². The number of aromatic amines is 1. The molecule has 0 radical (unpaired) electrons. The van der Waals surface area contributed by atoms with Crippen molar-refractivity contribution in [2.75, 3.05) is 17.6 Å². The van der Waals surface area contributed by atoms with Gasteiger partial charge in [-0.15, -0.1) is 0 Å². The van der Waals surface area contributed by atoms with Crippen LogP contribution in [0, 0.1) is 5.92 Å². The summed E-state index contributed by atoms with van der Waals surface area (Å²) in [4.78, 5) is 25.4. The summed E-state index contributed by atoms with van der Waals surface area (Å²) in [7, 11) is 0. The van der Waals surface area contributed by atoms with Gasteiger partial charge < -0.3 is 11.1 Å². The molecule has 1 saturated carbocycles. The fourth-order valence-electron chi connectivity index (χ4n) is 2.26. The molecule has 0 bridgehead atoms. The Morgan fingerprint density at radius 3 is 2.72 bits per heavy atom. The van der Waals surface area contributed by atoms with Crippen molar-refractivity contribution in [3.05, 3.63) is 20.8 Å². The summed E-state index contributed by atoms with van der Waals surface area (Å²) in [6, 6.07) is 0. The fourth-order valence-corrected chi connectivity index (χ4v) is 2.26. The number of anilines is 2. The van der Waals surface area contributed by atoms with Crippen LogP contribution in [0.3, 0.4) is 0 Å². The summed E-state index contributed by atoms with van der Waals surface area (Å²) in [6.07, 6.45) is 4.92. The highest BCUT2D eigenvalue weighted by Crippen LogP contribution is 2.29. The Hall–Kier alpha value is -1.72. The van der Waals surface area contributed by atoms with Crippen LogP contribution in [-0.4, -0.2) is 16.1 Å². The van der Waals surface area contributed by atoms with E-state index in [1.54, 1.807) is 0 Å². The van der Waals surface area contributed by atoms with E-state index in [1.165, 1.54) is 23.8 Å². The zero-order chi connectivity index (χ0) is 13.1. The molecule has 6 heteroatoms. The molecule has 0 spiro atoms. The van der Waals surface area contributed by atoms with Crippen LogP contribution in [0.1, 0.15) is 32.6 Å². The minimum absolute atomic E-state index is 0.222. The van der Waals surface area contributed by atoms with E-state index in [-0.39, 0.29) is 5.82 Å². The maximum absolute atomic E-state index is 11.7. The third kappa shape index (κ3) is 2.42. The lowest BCUT2D eigenvalue weighted by atomic mass is 9.83. The highest BCUT2D eigenvalue weighted by atomic mass is 16.2. The molecule has 0 aromatic carbocycles. The molecule has 1 aliphatic carbocycles. The molecule has 6 nitrogen and oxygen atoms in total. The average Bonchev–Trinajstić information content (AvgIpc) is 2.25. The number of nitrogens with two attached hydrogens (primary N) is 1. The first-order chi connectivity index (χ1) is 8.63. The first-order valence-electron chi connectivity index (χ1n) is 6.50. The summed E-state index contributed by atoms with van der Waals surface area (Å²) in [5.41, 5.74) is 5.27. The largest absolute Gasteiger partial charge is 0.383 e. The number of nitrogens with one attached hydrogen (secondary N) is 2. The molecule has 0 saturated heterocycles. The van der Waals surface area contributed by atoms with Crippen LogP contribution in [0.2, 0.25) is 0 Å². The maximum Gasteiger partial charge on any atom is 0.330 e. The highest BCUT2D eigenvalue weighted by molar-refractivity contribution is 5.60. The van der Waals surface area contributed by atoms with Gasteiger partial charge in [0.05, 0.1) is 0 Å². The third-order valence-electron chi connectivity index (χ3n) is 3.63. The Bertz CT molecular complexity index is 528. The van der Waals surface area contributed by atoms with Crippen molar-refractivity contribution in [3.8, 4) is 0 Å². The number of rotatable bonds is 5. The Balaban J connectivity index is 2.11. The molecular formula is C12H20N4O2. The number of aromatic nitrogens is 2. The van der Waals surface area contributed by atoms with Crippen molar-refractivity contribution < 1.29 is 0 Å². The summed E-state index contributed by atoms with van der Waals surface area (Å²) >= 11 is 0. The average molecular weight is 252 g/mol. The lowest BCUT2D eigenvalue weighted by molar-refractivity contribution is 0.303. The van der Waals surface area contributed by atoms with Gasteiger partial charge in [-0.25, -0.2) is 4.79 Å². The number of H-pyrrole nitrogens is 1. The Morgan fingerprint density at radius 2 is 2.17 bits per heavy atom. The topological polar surface area (TPSA) is 92.9 Å². The fraction of sp³-hybridized carbons (Fsp3) is 0.667. The van der Waals surface area contributed by atoms with Gasteiger partial charge in [0.2, 0.25) is 0 Å². The Kier molecular flexibility index (Phi) is 3.74. The minimum atomic E-state index is -0.454. The molecule has 1 aromatic heterocycles. The second-order valence-electron chi connectivity index (χ2n) is 4.78. The zero-order valence-corrected chi connectivity index (χ0v) is 10.7. The van der Waals surface area contributed by atoms with Crippen molar-refractivity contribution in [1.82, 2.24) is 9.55 Å². The van der Waals surface area contributed by atoms with Gasteiger partial charge >= 0.3 is 5.69 Å². The molecule has 0 aliphatic heterocycles. The molecule has 0 unspecified atom stereocenters. The molecule has 0 atom stereocenters. The molecular weight excluding hydrogens is 232 g/mol. The molecule has 1 fully saturated rings. The van der Waals surface area contributed by atoms with Crippen molar-refractivity contribution in [3.63, 3.8) is 0 Å². The lowest BCUT2D eigenvalue weighted by Crippen LogP contribution is -2.34. The predicted molar refractivity (Wildman–Crippen MR) is 71.9 cm³/mol. The SMILES string of the molecule is CCn1c(N)c(NCCC2CCC2)c(=O)[nH]c1=O. The molecule has 0 amide bonds. The van der Waals surface area contributed by atoms with Gasteiger partial charge in [0.1, 0.15) is 11.5 Å². The summed E-state index contributed by atoms with van der Waals surface area (Å²) in [5.74, 6) is 0.995. The second kappa shape index (κ2) is 5.29. The van der Waals surface area contributed by atoms with Crippen molar-refractivity contribution in [2.45, 2.75) is 39.2 Å². The maximum atomic E-state index is 11.7. The number of nitrogen functional groups attached to an aromatic ring is 1. The number of nitrogens with zero attached hydrogens (tertiary/aromatic N) is 1. The van der Waals surface area contributed by atoms with Gasteiger partial charge in [0.15, 0.2) is 0 Å². The summed E-state index contributed by atoms with van der Waals surface area (Å²) in [5, 5.41) is 3.05. The molecule has 2 rings (SSSR count). The summed E-state index contributed by atoms with van der Waals surface area (Å²) < 4.78 is 1.35. The van der Waals surface area contributed by atoms with Crippen LogP contribution >= 0.6 is 0 Å². The van der Waals surface area contributed by atoms with Gasteiger partial charge in [0, 0.05) is 13.1 Å². The molecule has 1 heterocycles. The van der Waals surface area contributed by atoms with Crippen LogP contribution in [0.25, 0.3) is 0 Å². The second-order valence-corrected chi connectivity index (χ2v) is 4.78. The van der Waals surface area contributed by atoms with E-state index in [0.717, 1.165) is 18.9 Å². The van der Waals surface area contributed by atoms with E-state index in [1.807, 2.05) is 6.92 Å². The first-order valence-corrected chi connectivity index (χ1v) is 6.50. The summed E-state index contributed by atoms with van der Waals surface area (Å²) in [6.45, 7) is 2.98. The highest BCUT2D eigenvalue weighted by Gasteiger charge is 2.17. The standard InChI is InChI=1S/C12H20N4O2/c1-2-16-10(13)9(11(17)15-12(16)18)14-7-6-8-4-3-5-8/h8,14H,2-7,13H2,1H3,(H,15,17,18). The van der Waals surface area contributed by atoms with E-state index >= 15 is 0 Å². The van der Waals surface area contributed by atoms with Crippen LogP contribution < -0.4 is 22.3 Å². The zero-order valence-electron chi connectivity index (χ0n) is 10.7. The molecule has 100 valence electrons. The van der Waals surface area contributed by atoms with Gasteiger partial charge in [-0.05, 0) is 19.3 Å². The Morgan fingerprint density at radius 1 is 1.44 bits per heavy atom. The first kappa shape index (κ1) is 12.7. The van der Waals surface area contributed by atoms with Gasteiger partial charge in [0.25, 0.3) is 5.56 Å². The van der Waals surface area contributed by atoms with E-state index in [0.29, 0.717) is 12.2 Å². The smallest absolute Gasteiger partial charge is 0.330 e. The monoisotopic (exact) mass is 252 g/mol. The van der Waals surface area contributed by atoms with Crippen molar-refractivity contribution >= 4 is 11.5 Å². The van der Waals surface area contributed by atoms with Crippen molar-refractivity contribution in [1.29, 1.82) is 0 Å². The molecule has 1 aliphatic rings. The molecule has 18 heavy (non-hydrogen) atoms. The number of hydrogen-bond acceptors (Lipinski definition) is 4. The van der Waals surface area contributed by atoms with Crippen LogP contribution in [-0.2, 0) is 6.54 Å². The Labute approximate surface area is 105 Å².